The molecule has 1 aliphatic heterocycles. The van der Waals surface area contributed by atoms with E-state index in [1.165, 1.54) is 6.92 Å². The van der Waals surface area contributed by atoms with Gasteiger partial charge < -0.3 is 14.8 Å². The van der Waals surface area contributed by atoms with Crippen molar-refractivity contribution in [1.29, 1.82) is 0 Å². The van der Waals surface area contributed by atoms with Crippen molar-refractivity contribution in [2.75, 3.05) is 18.5 Å². The number of ether oxygens (including phenoxy) is 2. The molecular formula is C23H18ClF6N3O5. The number of esters is 1. The second kappa shape index (κ2) is 10.5. The molecule has 1 N–H and O–H groups in total. The molecule has 1 heterocycles. The third-order valence-corrected chi connectivity index (χ3v) is 5.67. The highest BCUT2D eigenvalue weighted by atomic mass is 35.5. The van der Waals surface area contributed by atoms with Gasteiger partial charge in [0.05, 0.1) is 29.4 Å². The molecule has 1 atom stereocenters. The minimum atomic E-state index is -4.92. The quantitative estimate of drug-likeness (QED) is 0.277. The van der Waals surface area contributed by atoms with Gasteiger partial charge in [0.25, 0.3) is 0 Å². The molecule has 1 aliphatic rings. The highest BCUT2D eigenvalue weighted by Crippen LogP contribution is 2.39. The average molecular weight is 566 g/mol. The molecule has 2 amide bonds. The summed E-state index contributed by atoms with van der Waals surface area (Å²) in [6.07, 6.45) is -9.70. The van der Waals surface area contributed by atoms with Gasteiger partial charge in [-0.3, -0.25) is 9.59 Å². The number of hydrogen-bond acceptors (Lipinski definition) is 6. The zero-order valence-electron chi connectivity index (χ0n) is 19.5. The molecule has 38 heavy (non-hydrogen) atoms. The summed E-state index contributed by atoms with van der Waals surface area (Å²) in [4.78, 5) is 38.7. The van der Waals surface area contributed by atoms with Crippen molar-refractivity contribution in [2.24, 2.45) is 10.5 Å². The van der Waals surface area contributed by atoms with Crippen LogP contribution in [0.4, 0.5) is 36.8 Å². The van der Waals surface area contributed by atoms with Gasteiger partial charge in [-0.05, 0) is 50.2 Å². The summed E-state index contributed by atoms with van der Waals surface area (Å²) < 4.78 is 85.4. The Labute approximate surface area is 216 Å². The van der Waals surface area contributed by atoms with Gasteiger partial charge in [0.1, 0.15) is 5.75 Å². The minimum absolute atomic E-state index is 0.00955. The van der Waals surface area contributed by atoms with Gasteiger partial charge in [-0.25, -0.2) is 9.80 Å². The first kappa shape index (κ1) is 28.8. The summed E-state index contributed by atoms with van der Waals surface area (Å²) in [7, 11) is 0. The molecule has 0 radical (unpaired) electrons. The van der Waals surface area contributed by atoms with Crippen LogP contribution in [-0.4, -0.2) is 48.0 Å². The molecule has 15 heteroatoms. The molecule has 0 saturated carbocycles. The van der Waals surface area contributed by atoms with E-state index in [0.717, 1.165) is 43.3 Å². The van der Waals surface area contributed by atoms with Crippen LogP contribution < -0.4 is 10.1 Å². The molecule has 3 rings (SSSR count). The van der Waals surface area contributed by atoms with Crippen LogP contribution in [0.2, 0.25) is 5.02 Å². The van der Waals surface area contributed by atoms with Crippen LogP contribution in [0.25, 0.3) is 0 Å². The zero-order chi connectivity index (χ0) is 28.5. The first-order valence-corrected chi connectivity index (χ1v) is 11.0. The van der Waals surface area contributed by atoms with Gasteiger partial charge in [-0.15, -0.1) is 13.2 Å². The number of hydrogen-bond donors (Lipinski definition) is 1. The summed E-state index contributed by atoms with van der Waals surface area (Å²) in [5.74, 6) is -2.45. The van der Waals surface area contributed by atoms with Crippen molar-refractivity contribution in [3.8, 4) is 5.75 Å². The van der Waals surface area contributed by atoms with Gasteiger partial charge >= 0.3 is 24.5 Å². The number of ketones is 1. The van der Waals surface area contributed by atoms with Crippen molar-refractivity contribution < 1.29 is 50.2 Å². The average Bonchev–Trinajstić information content (AvgIpc) is 3.21. The highest BCUT2D eigenvalue weighted by Gasteiger charge is 2.56. The van der Waals surface area contributed by atoms with E-state index in [1.54, 1.807) is 0 Å². The first-order valence-electron chi connectivity index (χ1n) is 10.7. The summed E-state index contributed by atoms with van der Waals surface area (Å²) in [6.45, 7) is 1.66. The lowest BCUT2D eigenvalue weighted by molar-refractivity contribution is -0.274. The molecule has 204 valence electrons. The molecule has 0 spiro atoms. The first-order chi connectivity index (χ1) is 17.6. The number of Topliss-reactive ketones (excluding diaryl/α,β-unsaturated/α-hetero) is 1. The fourth-order valence-corrected chi connectivity index (χ4v) is 3.91. The maximum Gasteiger partial charge on any atom is 0.573 e. The predicted octanol–water partition coefficient (Wildman–Crippen LogP) is 5.65. The van der Waals surface area contributed by atoms with Gasteiger partial charge in [0.2, 0.25) is 0 Å². The van der Waals surface area contributed by atoms with E-state index in [9.17, 15) is 40.7 Å². The molecule has 8 nitrogen and oxygen atoms in total. The lowest BCUT2D eigenvalue weighted by atomic mass is 9.77. The number of anilines is 1. The number of halogens is 7. The van der Waals surface area contributed by atoms with Crippen molar-refractivity contribution >= 4 is 40.8 Å². The lowest BCUT2D eigenvalue weighted by Gasteiger charge is -2.26. The summed E-state index contributed by atoms with van der Waals surface area (Å²) in [6, 6.07) is 5.51. The zero-order valence-corrected chi connectivity index (χ0v) is 20.3. The normalized spacial score (nSPS) is 17.6. The number of hydrazone groups is 1. The number of nitrogens with one attached hydrogen (secondary N) is 1. The SMILES string of the molecule is CCOC(=O)C1(C(C)=O)CN(C(=O)Nc2ccc(OC(F)(F)F)cc2)N=C1c1ccc(C(F)(F)F)c(Cl)c1. The molecule has 0 saturated heterocycles. The van der Waals surface area contributed by atoms with E-state index in [0.29, 0.717) is 11.1 Å². The second-order valence-electron chi connectivity index (χ2n) is 7.88. The van der Waals surface area contributed by atoms with Crippen LogP contribution in [-0.2, 0) is 20.5 Å². The fourth-order valence-electron chi connectivity index (χ4n) is 3.62. The van der Waals surface area contributed by atoms with Crippen LogP contribution >= 0.6 is 11.6 Å². The Balaban J connectivity index is 1.99. The third-order valence-electron chi connectivity index (χ3n) is 5.36. The van der Waals surface area contributed by atoms with E-state index < -0.39 is 58.6 Å². The standard InChI is InChI=1S/C23H18ClF6N3O5/c1-3-37-19(35)21(12(2)34)11-33(20(36)31-14-5-7-15(8-6-14)38-23(28,29)30)32-18(21)13-4-9-16(17(24)10-13)22(25,26)27/h4-10H,3,11H2,1-2H3,(H,31,36). The van der Waals surface area contributed by atoms with E-state index in [2.05, 4.69) is 15.2 Å². The van der Waals surface area contributed by atoms with Crippen molar-refractivity contribution in [3.05, 3.63) is 58.6 Å². The van der Waals surface area contributed by atoms with Crippen molar-refractivity contribution in [1.82, 2.24) is 5.01 Å². The van der Waals surface area contributed by atoms with E-state index in [-0.39, 0.29) is 23.6 Å². The summed E-state index contributed by atoms with van der Waals surface area (Å²) >= 11 is 5.82. The molecule has 0 aromatic heterocycles. The van der Waals surface area contributed by atoms with Gasteiger partial charge in [0, 0.05) is 11.3 Å². The van der Waals surface area contributed by atoms with Gasteiger partial charge in [-0.2, -0.15) is 18.3 Å². The number of nitrogens with zero attached hydrogens (tertiary/aromatic N) is 2. The van der Waals surface area contributed by atoms with Gasteiger partial charge in [-0.1, -0.05) is 17.7 Å². The van der Waals surface area contributed by atoms with E-state index >= 15 is 0 Å². The van der Waals surface area contributed by atoms with E-state index in [1.807, 2.05) is 0 Å². The Morgan fingerprint density at radius 2 is 1.71 bits per heavy atom. The lowest BCUT2D eigenvalue weighted by Crippen LogP contribution is -2.49. The number of amides is 2. The second-order valence-corrected chi connectivity index (χ2v) is 8.29. The number of carbonyl (C=O) groups excluding carboxylic acids is 3. The van der Waals surface area contributed by atoms with E-state index in [4.69, 9.17) is 16.3 Å². The Hall–Kier alpha value is -3.81. The van der Waals surface area contributed by atoms with Crippen LogP contribution in [0.15, 0.2) is 47.6 Å². The number of alkyl halides is 6. The fraction of sp³-hybridized carbons (Fsp3) is 0.304. The monoisotopic (exact) mass is 565 g/mol. The molecule has 2 aromatic rings. The predicted molar refractivity (Wildman–Crippen MR) is 122 cm³/mol. The Bertz CT molecular complexity index is 1280. The third kappa shape index (κ3) is 6.01. The molecule has 2 aromatic carbocycles. The summed E-state index contributed by atoms with van der Waals surface area (Å²) in [5, 5.41) is 6.32. The Kier molecular flexibility index (Phi) is 7.96. The van der Waals surface area contributed by atoms with Crippen molar-refractivity contribution in [2.45, 2.75) is 26.4 Å². The topological polar surface area (TPSA) is 97.3 Å². The smallest absolute Gasteiger partial charge is 0.465 e. The Morgan fingerprint density at radius 1 is 1.08 bits per heavy atom. The maximum absolute atomic E-state index is 13.2. The number of urea groups is 1. The molecule has 0 aliphatic carbocycles. The molecule has 0 bridgehead atoms. The number of benzene rings is 2. The van der Waals surface area contributed by atoms with Crippen LogP contribution in [0.5, 0.6) is 5.75 Å². The van der Waals surface area contributed by atoms with Gasteiger partial charge in [0.15, 0.2) is 11.2 Å². The molecule has 0 fully saturated rings. The minimum Gasteiger partial charge on any atom is -0.465 e. The largest absolute Gasteiger partial charge is 0.573 e. The van der Waals surface area contributed by atoms with Crippen molar-refractivity contribution in [3.63, 3.8) is 0 Å². The van der Waals surface area contributed by atoms with Crippen LogP contribution in [0.3, 0.4) is 0 Å². The van der Waals surface area contributed by atoms with Crippen LogP contribution in [0, 0.1) is 5.41 Å². The number of carbonyl (C=O) groups is 3. The van der Waals surface area contributed by atoms with Crippen LogP contribution in [0.1, 0.15) is 25.0 Å². The Morgan fingerprint density at radius 3 is 2.21 bits per heavy atom. The summed E-state index contributed by atoms with van der Waals surface area (Å²) in [5.41, 5.74) is -3.87. The number of rotatable bonds is 6. The maximum atomic E-state index is 13.2. The molecule has 1 unspecified atom stereocenters. The highest BCUT2D eigenvalue weighted by molar-refractivity contribution is 6.33. The molecular weight excluding hydrogens is 548 g/mol.